The Kier molecular flexibility index (Phi) is 4.83. The Hall–Kier alpha value is -2.63. The molecule has 0 unspecified atom stereocenters. The van der Waals surface area contributed by atoms with Crippen LogP contribution in [0.1, 0.15) is 0 Å². The fraction of sp³-hybridized carbons (Fsp3) is 0. The number of aromatic nitrogens is 2. The minimum absolute atomic E-state index is 0.0561. The number of nitro benzene ring substituents is 1. The summed E-state index contributed by atoms with van der Waals surface area (Å²) in [5.41, 5.74) is 0.826. The number of rotatable bonds is 2. The van der Waals surface area contributed by atoms with E-state index in [2.05, 4.69) is 4.98 Å². The molecule has 2 aromatic heterocycles. The van der Waals surface area contributed by atoms with Gasteiger partial charge in [0.15, 0.2) is 5.76 Å². The molecular formula is C12H8ClN3O7. The SMILES string of the molecule is O=[N+]([O-])c1ccc(-c2c[n+]3cccnc3o2)cc1.[O-][Cl+3]([O-])([O-])[O-]. The van der Waals surface area contributed by atoms with Gasteiger partial charge in [-0.25, -0.2) is 18.6 Å². The van der Waals surface area contributed by atoms with Crippen LogP contribution in [0.2, 0.25) is 0 Å². The van der Waals surface area contributed by atoms with Crippen molar-refractivity contribution in [3.05, 3.63) is 59.0 Å². The summed E-state index contributed by atoms with van der Waals surface area (Å²) in [6.07, 6.45) is 5.24. The van der Waals surface area contributed by atoms with Gasteiger partial charge in [0, 0.05) is 23.8 Å². The average molecular weight is 342 g/mol. The maximum absolute atomic E-state index is 10.6. The van der Waals surface area contributed by atoms with Gasteiger partial charge in [-0.2, -0.15) is 4.40 Å². The molecule has 2 heterocycles. The van der Waals surface area contributed by atoms with E-state index in [4.69, 9.17) is 23.1 Å². The number of oxazole rings is 1. The second-order valence-electron chi connectivity index (χ2n) is 4.09. The first kappa shape index (κ1) is 16.7. The third-order valence-electron chi connectivity index (χ3n) is 2.56. The number of non-ortho nitro benzene ring substituents is 1. The molecule has 0 saturated heterocycles. The lowest BCUT2D eigenvalue weighted by atomic mass is 10.2. The second-order valence-corrected chi connectivity index (χ2v) is 4.84. The molecule has 0 aliphatic heterocycles. The van der Waals surface area contributed by atoms with E-state index < -0.39 is 15.2 Å². The Morgan fingerprint density at radius 3 is 2.26 bits per heavy atom. The van der Waals surface area contributed by atoms with Crippen molar-refractivity contribution >= 4 is 11.5 Å². The van der Waals surface area contributed by atoms with Crippen molar-refractivity contribution in [2.24, 2.45) is 0 Å². The second kappa shape index (κ2) is 6.64. The van der Waals surface area contributed by atoms with Gasteiger partial charge >= 0.3 is 5.84 Å². The predicted molar refractivity (Wildman–Crippen MR) is 61.8 cm³/mol. The summed E-state index contributed by atoms with van der Waals surface area (Å²) in [6.45, 7) is 0. The van der Waals surface area contributed by atoms with Crippen molar-refractivity contribution < 1.29 is 42.6 Å². The number of benzene rings is 1. The lowest BCUT2D eigenvalue weighted by Crippen LogP contribution is -2.68. The Labute approximate surface area is 130 Å². The average Bonchev–Trinajstić information content (AvgIpc) is 2.89. The first-order valence-electron chi connectivity index (χ1n) is 5.86. The van der Waals surface area contributed by atoms with Crippen LogP contribution in [0.5, 0.6) is 0 Å². The molecule has 11 heteroatoms. The molecule has 0 amide bonds. The Morgan fingerprint density at radius 2 is 1.74 bits per heavy atom. The van der Waals surface area contributed by atoms with E-state index in [1.165, 1.54) is 12.1 Å². The normalized spacial score (nSPS) is 11.0. The highest BCUT2D eigenvalue weighted by molar-refractivity contribution is 5.58. The van der Waals surface area contributed by atoms with Gasteiger partial charge in [0.25, 0.3) is 5.69 Å². The largest absolute Gasteiger partial charge is 0.508 e. The standard InChI is InChI=1S/C12H8N3O3.ClHO4/c16-15(17)10-4-2-9(3-5-10)11-8-14-7-1-6-13-12(14)18-11;2-1(3,4)5/h1-8H;(H,2,3,4,5)/q+1;/p-1. The Balaban J connectivity index is 0.000000338. The van der Waals surface area contributed by atoms with Gasteiger partial charge in [0.05, 0.1) is 4.92 Å². The lowest BCUT2D eigenvalue weighted by molar-refractivity contribution is -2.00. The quantitative estimate of drug-likeness (QED) is 0.274. The van der Waals surface area contributed by atoms with Gasteiger partial charge in [0.1, 0.15) is 18.6 Å². The van der Waals surface area contributed by atoms with Crippen LogP contribution in [0.15, 0.2) is 53.3 Å². The topological polar surface area (TPSA) is 166 Å². The van der Waals surface area contributed by atoms with Crippen LogP contribution in [0.25, 0.3) is 17.2 Å². The maximum Gasteiger partial charge on any atom is 0.508 e. The summed E-state index contributed by atoms with van der Waals surface area (Å²) in [6, 6.07) is 7.98. The first-order chi connectivity index (χ1) is 10.7. The van der Waals surface area contributed by atoms with E-state index in [-0.39, 0.29) is 5.69 Å². The summed E-state index contributed by atoms with van der Waals surface area (Å²) in [4.78, 5) is 14.2. The predicted octanol–water partition coefficient (Wildman–Crippen LogP) is -2.77. The van der Waals surface area contributed by atoms with Gasteiger partial charge < -0.3 is 4.42 Å². The van der Waals surface area contributed by atoms with Crippen LogP contribution in [-0.4, -0.2) is 9.91 Å². The molecule has 0 saturated carbocycles. The summed E-state index contributed by atoms with van der Waals surface area (Å²) < 4.78 is 41.3. The van der Waals surface area contributed by atoms with E-state index in [1.54, 1.807) is 35.0 Å². The molecule has 0 aliphatic carbocycles. The summed E-state index contributed by atoms with van der Waals surface area (Å²) >= 11 is 0. The van der Waals surface area contributed by atoms with E-state index in [9.17, 15) is 10.1 Å². The van der Waals surface area contributed by atoms with Crippen molar-refractivity contribution in [2.45, 2.75) is 0 Å². The van der Waals surface area contributed by atoms with Crippen molar-refractivity contribution in [2.75, 3.05) is 0 Å². The van der Waals surface area contributed by atoms with E-state index >= 15 is 0 Å². The zero-order valence-electron chi connectivity index (χ0n) is 11.2. The zero-order chi connectivity index (χ0) is 17.0. The van der Waals surface area contributed by atoms with Gasteiger partial charge in [-0.3, -0.25) is 10.1 Å². The van der Waals surface area contributed by atoms with Crippen LogP contribution in [-0.2, 0) is 0 Å². The zero-order valence-corrected chi connectivity index (χ0v) is 12.0. The van der Waals surface area contributed by atoms with Gasteiger partial charge in [0.2, 0.25) is 0 Å². The molecule has 1 aromatic carbocycles. The highest BCUT2D eigenvalue weighted by Crippen LogP contribution is 2.22. The minimum Gasteiger partial charge on any atom is -0.384 e. The maximum atomic E-state index is 10.6. The van der Waals surface area contributed by atoms with Crippen LogP contribution >= 0.6 is 0 Å². The summed E-state index contributed by atoms with van der Waals surface area (Å²) in [5, 5.41) is 10.6. The van der Waals surface area contributed by atoms with Gasteiger partial charge in [-0.15, -0.1) is 10.2 Å². The molecule has 0 atom stereocenters. The molecule has 0 bridgehead atoms. The highest BCUT2D eigenvalue weighted by Gasteiger charge is 2.13. The molecule has 3 aromatic rings. The van der Waals surface area contributed by atoms with E-state index in [0.29, 0.717) is 11.6 Å². The fourth-order valence-electron chi connectivity index (χ4n) is 1.68. The number of halogens is 1. The Morgan fingerprint density at radius 1 is 1.13 bits per heavy atom. The van der Waals surface area contributed by atoms with Crippen LogP contribution in [0, 0.1) is 20.4 Å². The molecule has 120 valence electrons. The van der Waals surface area contributed by atoms with Crippen molar-refractivity contribution in [3.8, 4) is 11.3 Å². The molecule has 0 radical (unpaired) electrons. The molecule has 23 heavy (non-hydrogen) atoms. The van der Waals surface area contributed by atoms with Crippen LogP contribution < -0.4 is 23.0 Å². The molecule has 0 spiro atoms. The summed E-state index contributed by atoms with van der Waals surface area (Å²) in [7, 11) is -4.94. The van der Waals surface area contributed by atoms with Crippen LogP contribution in [0.3, 0.4) is 0 Å². The summed E-state index contributed by atoms with van der Waals surface area (Å²) in [5.74, 6) is 1.09. The van der Waals surface area contributed by atoms with Gasteiger partial charge in [-0.05, 0) is 17.1 Å². The van der Waals surface area contributed by atoms with Crippen molar-refractivity contribution in [3.63, 3.8) is 0 Å². The van der Waals surface area contributed by atoms with E-state index in [0.717, 1.165) is 5.56 Å². The van der Waals surface area contributed by atoms with E-state index in [1.807, 2.05) is 6.20 Å². The number of hydrogen-bond donors (Lipinski definition) is 0. The molecule has 0 fully saturated rings. The Bertz CT molecular complexity index is 774. The van der Waals surface area contributed by atoms with Crippen molar-refractivity contribution in [1.82, 2.24) is 4.98 Å². The first-order valence-corrected chi connectivity index (χ1v) is 7.10. The third kappa shape index (κ3) is 4.95. The number of hydrogen-bond acceptors (Lipinski definition) is 8. The highest BCUT2D eigenvalue weighted by atomic mass is 35.7. The molecule has 10 nitrogen and oxygen atoms in total. The number of nitrogens with zero attached hydrogens (tertiary/aromatic N) is 3. The monoisotopic (exact) mass is 341 g/mol. The van der Waals surface area contributed by atoms with Crippen LogP contribution in [0.4, 0.5) is 5.69 Å². The van der Waals surface area contributed by atoms with Gasteiger partial charge in [-0.1, -0.05) is 0 Å². The molecular weight excluding hydrogens is 334 g/mol. The fourth-order valence-corrected chi connectivity index (χ4v) is 1.68. The number of fused-ring (bicyclic) bond motifs is 1. The lowest BCUT2D eigenvalue weighted by Gasteiger charge is -2.17. The molecule has 3 rings (SSSR count). The molecule has 0 aliphatic rings. The third-order valence-corrected chi connectivity index (χ3v) is 2.56. The smallest absolute Gasteiger partial charge is 0.384 e. The van der Waals surface area contributed by atoms with Crippen molar-refractivity contribution in [1.29, 1.82) is 0 Å². The minimum atomic E-state index is -4.94. The molecule has 0 N–H and O–H groups in total. The number of nitro groups is 1.